The molecule has 84 valence electrons. The van der Waals surface area contributed by atoms with Crippen LogP contribution in [0.2, 0.25) is 0 Å². The van der Waals surface area contributed by atoms with Gasteiger partial charge in [0.05, 0.1) is 7.11 Å². The number of urea groups is 1. The molecule has 1 atom stereocenters. The van der Waals surface area contributed by atoms with Crippen LogP contribution in [0.4, 0.5) is 4.79 Å². The molecule has 1 unspecified atom stereocenters. The fourth-order valence-corrected chi connectivity index (χ4v) is 1.63. The van der Waals surface area contributed by atoms with Crippen LogP contribution in [0.25, 0.3) is 0 Å². The lowest BCUT2D eigenvalue weighted by atomic mass is 10.1. The number of amides is 2. The number of nitrogens with zero attached hydrogens (tertiary/aromatic N) is 3. The van der Waals surface area contributed by atoms with Crippen LogP contribution < -0.4 is 10.5 Å². The lowest BCUT2D eigenvalue weighted by Gasteiger charge is -2.19. The molecule has 0 aliphatic carbocycles. The zero-order chi connectivity index (χ0) is 11.7. The molecule has 2 amide bonds. The predicted octanol–water partition coefficient (Wildman–Crippen LogP) is 0.554. The molecule has 6 nitrogen and oxygen atoms in total. The van der Waals surface area contributed by atoms with Crippen molar-refractivity contribution in [3.63, 3.8) is 0 Å². The molecule has 0 saturated carbocycles. The van der Waals surface area contributed by atoms with Crippen LogP contribution in [-0.4, -0.2) is 35.9 Å². The van der Waals surface area contributed by atoms with Crippen molar-refractivity contribution >= 4 is 11.9 Å². The Kier molecular flexibility index (Phi) is 2.47. The van der Waals surface area contributed by atoms with E-state index in [0.717, 1.165) is 5.56 Å². The van der Waals surface area contributed by atoms with E-state index >= 15 is 0 Å². The number of amidine groups is 1. The van der Waals surface area contributed by atoms with E-state index in [2.05, 4.69) is 9.98 Å². The standard InChI is InChI=1S/C10H12N4O2/c1-14-8(9(11)13-10(14)15)6-3-4-7(16-2)12-5-6/h3-5,8H,1-2H3,(H2,11,13,15). The number of hydrogen-bond acceptors (Lipinski definition) is 4. The van der Waals surface area contributed by atoms with E-state index in [0.29, 0.717) is 11.7 Å². The van der Waals surface area contributed by atoms with Crippen LogP contribution in [0.5, 0.6) is 5.88 Å². The van der Waals surface area contributed by atoms with Crippen molar-refractivity contribution in [3.8, 4) is 5.88 Å². The summed E-state index contributed by atoms with van der Waals surface area (Å²) in [5.74, 6) is 0.811. The molecule has 0 spiro atoms. The Labute approximate surface area is 92.7 Å². The second-order valence-corrected chi connectivity index (χ2v) is 3.47. The number of aromatic nitrogens is 1. The van der Waals surface area contributed by atoms with Crippen molar-refractivity contribution < 1.29 is 9.53 Å². The molecule has 0 fully saturated rings. The van der Waals surface area contributed by atoms with Crippen molar-refractivity contribution in [1.29, 1.82) is 0 Å². The van der Waals surface area contributed by atoms with Gasteiger partial charge in [0, 0.05) is 24.9 Å². The van der Waals surface area contributed by atoms with Crippen molar-refractivity contribution in [2.75, 3.05) is 14.2 Å². The summed E-state index contributed by atoms with van der Waals surface area (Å²) in [6.45, 7) is 0. The highest BCUT2D eigenvalue weighted by Gasteiger charge is 2.31. The normalized spacial score (nSPS) is 19.9. The lowest BCUT2D eigenvalue weighted by molar-refractivity contribution is 0.218. The largest absolute Gasteiger partial charge is 0.481 e. The molecule has 1 aromatic heterocycles. The van der Waals surface area contributed by atoms with Gasteiger partial charge in [0.2, 0.25) is 5.88 Å². The second-order valence-electron chi connectivity index (χ2n) is 3.47. The predicted molar refractivity (Wildman–Crippen MR) is 58.3 cm³/mol. The number of methoxy groups -OCH3 is 1. The first-order valence-electron chi connectivity index (χ1n) is 4.74. The molecule has 0 aromatic carbocycles. The summed E-state index contributed by atoms with van der Waals surface area (Å²) in [4.78, 5) is 20.5. The molecule has 1 aliphatic heterocycles. The Morgan fingerprint density at radius 2 is 2.25 bits per heavy atom. The van der Waals surface area contributed by atoms with Gasteiger partial charge in [-0.15, -0.1) is 0 Å². The number of rotatable bonds is 2. The monoisotopic (exact) mass is 220 g/mol. The SMILES string of the molecule is COc1ccc(C2C(N)=NC(=O)N2C)cn1. The van der Waals surface area contributed by atoms with Gasteiger partial charge in [-0.05, 0) is 6.07 Å². The molecule has 6 heteroatoms. The van der Waals surface area contributed by atoms with Gasteiger partial charge in [-0.1, -0.05) is 0 Å². The Morgan fingerprint density at radius 3 is 2.69 bits per heavy atom. The summed E-state index contributed by atoms with van der Waals surface area (Å²) in [5.41, 5.74) is 6.51. The van der Waals surface area contributed by atoms with Gasteiger partial charge in [-0.3, -0.25) is 0 Å². The Balaban J connectivity index is 2.30. The van der Waals surface area contributed by atoms with Crippen LogP contribution in [0.1, 0.15) is 11.6 Å². The van der Waals surface area contributed by atoms with Gasteiger partial charge in [0.15, 0.2) is 0 Å². The summed E-state index contributed by atoms with van der Waals surface area (Å²) in [6.07, 6.45) is 1.63. The Morgan fingerprint density at radius 1 is 1.50 bits per heavy atom. The van der Waals surface area contributed by atoms with Gasteiger partial charge < -0.3 is 15.4 Å². The molecule has 0 bridgehead atoms. The van der Waals surface area contributed by atoms with E-state index in [1.165, 1.54) is 4.90 Å². The molecule has 2 N–H and O–H groups in total. The van der Waals surface area contributed by atoms with Gasteiger partial charge in [0.25, 0.3) is 0 Å². The molecule has 16 heavy (non-hydrogen) atoms. The molecular weight excluding hydrogens is 208 g/mol. The van der Waals surface area contributed by atoms with Crippen LogP contribution in [0, 0.1) is 0 Å². The van der Waals surface area contributed by atoms with Crippen molar-refractivity contribution in [3.05, 3.63) is 23.9 Å². The van der Waals surface area contributed by atoms with Gasteiger partial charge >= 0.3 is 6.03 Å². The Hall–Kier alpha value is -2.11. The zero-order valence-electron chi connectivity index (χ0n) is 9.04. The average Bonchev–Trinajstić information content (AvgIpc) is 2.54. The maximum Gasteiger partial charge on any atom is 0.345 e. The van der Waals surface area contributed by atoms with E-state index in [1.807, 2.05) is 6.07 Å². The number of carbonyl (C=O) groups excluding carboxylic acids is 1. The van der Waals surface area contributed by atoms with E-state index in [4.69, 9.17) is 10.5 Å². The molecule has 0 radical (unpaired) electrons. The van der Waals surface area contributed by atoms with Crippen molar-refractivity contribution in [2.45, 2.75) is 6.04 Å². The van der Waals surface area contributed by atoms with Crippen LogP contribution in [0.3, 0.4) is 0 Å². The maximum atomic E-state index is 11.3. The first-order chi connectivity index (χ1) is 7.63. The van der Waals surface area contributed by atoms with Crippen molar-refractivity contribution in [1.82, 2.24) is 9.88 Å². The third kappa shape index (κ3) is 1.58. The molecule has 1 aliphatic rings. The van der Waals surface area contributed by atoms with Gasteiger partial charge in [0.1, 0.15) is 11.9 Å². The van der Waals surface area contributed by atoms with Gasteiger partial charge in [-0.2, -0.15) is 4.99 Å². The van der Waals surface area contributed by atoms with E-state index in [1.54, 1.807) is 26.4 Å². The highest BCUT2D eigenvalue weighted by molar-refractivity contribution is 6.03. The molecule has 2 heterocycles. The summed E-state index contributed by atoms with van der Waals surface area (Å²) < 4.78 is 4.95. The quantitative estimate of drug-likeness (QED) is 0.789. The number of ether oxygens (including phenoxy) is 1. The second kappa shape index (κ2) is 3.80. The number of pyridine rings is 1. The Bertz CT molecular complexity index is 441. The topological polar surface area (TPSA) is 80.8 Å². The van der Waals surface area contributed by atoms with Crippen LogP contribution >= 0.6 is 0 Å². The number of likely N-dealkylation sites (N-methyl/N-ethyl adjacent to an activating group) is 1. The van der Waals surface area contributed by atoms with E-state index < -0.39 is 0 Å². The minimum Gasteiger partial charge on any atom is -0.481 e. The summed E-state index contributed by atoms with van der Waals surface area (Å²) in [5, 5.41) is 0. The molecular formula is C10H12N4O2. The summed E-state index contributed by atoms with van der Waals surface area (Å²) in [7, 11) is 3.20. The average molecular weight is 220 g/mol. The first kappa shape index (κ1) is 10.4. The zero-order valence-corrected chi connectivity index (χ0v) is 9.04. The van der Waals surface area contributed by atoms with E-state index in [-0.39, 0.29) is 12.1 Å². The smallest absolute Gasteiger partial charge is 0.345 e. The van der Waals surface area contributed by atoms with E-state index in [9.17, 15) is 4.79 Å². The number of aliphatic imine (C=N–C) groups is 1. The number of hydrogen-bond donors (Lipinski definition) is 1. The lowest BCUT2D eigenvalue weighted by Crippen LogP contribution is -2.30. The molecule has 2 rings (SSSR count). The third-order valence-corrected chi connectivity index (χ3v) is 2.48. The maximum absolute atomic E-state index is 11.3. The minimum absolute atomic E-state index is 0.291. The summed E-state index contributed by atoms with van der Waals surface area (Å²) >= 11 is 0. The first-order valence-corrected chi connectivity index (χ1v) is 4.74. The minimum atomic E-state index is -0.335. The van der Waals surface area contributed by atoms with Gasteiger partial charge in [-0.25, -0.2) is 9.78 Å². The highest BCUT2D eigenvalue weighted by Crippen LogP contribution is 2.25. The number of nitrogens with two attached hydrogens (primary N) is 1. The number of carbonyl (C=O) groups is 1. The third-order valence-electron chi connectivity index (χ3n) is 2.48. The highest BCUT2D eigenvalue weighted by atomic mass is 16.5. The summed E-state index contributed by atoms with van der Waals surface area (Å²) in [6, 6.07) is 2.87. The van der Waals surface area contributed by atoms with Crippen LogP contribution in [-0.2, 0) is 0 Å². The van der Waals surface area contributed by atoms with Crippen LogP contribution in [0.15, 0.2) is 23.3 Å². The molecule has 0 saturated heterocycles. The van der Waals surface area contributed by atoms with Crippen molar-refractivity contribution in [2.24, 2.45) is 10.7 Å². The fourth-order valence-electron chi connectivity index (χ4n) is 1.63. The fraction of sp³-hybridized carbons (Fsp3) is 0.300. The molecule has 1 aromatic rings.